The van der Waals surface area contributed by atoms with Crippen molar-refractivity contribution in [3.63, 3.8) is 0 Å². The molecule has 0 saturated carbocycles. The number of aromatic nitrogens is 1. The number of nitrogens with two attached hydrogens (primary N) is 1. The Morgan fingerprint density at radius 3 is 2.38 bits per heavy atom. The second-order valence-electron chi connectivity index (χ2n) is 5.35. The summed E-state index contributed by atoms with van der Waals surface area (Å²) in [7, 11) is -3.60. The molecule has 0 aliphatic heterocycles. The molecule has 0 bridgehead atoms. The minimum absolute atomic E-state index is 0.318. The first-order valence-corrected chi connectivity index (χ1v) is 10.3. The maximum absolute atomic E-state index is 13.3. The van der Waals surface area contributed by atoms with Gasteiger partial charge in [-0.25, -0.2) is 8.42 Å². The Hall–Kier alpha value is -1.76. The van der Waals surface area contributed by atoms with E-state index < -0.39 is 9.84 Å². The number of thioether (sulfide) groups is 1. The maximum atomic E-state index is 13.3. The summed E-state index contributed by atoms with van der Waals surface area (Å²) < 4.78 is 28.7. The molecule has 1 heterocycles. The zero-order valence-corrected chi connectivity index (χ0v) is 15.1. The molecule has 3 rings (SSSR count). The highest BCUT2D eigenvalue weighted by Crippen LogP contribution is 2.39. The summed E-state index contributed by atoms with van der Waals surface area (Å²) in [5.41, 5.74) is 6.59. The summed E-state index contributed by atoms with van der Waals surface area (Å²) in [6, 6.07) is 16.3. The van der Waals surface area contributed by atoms with Gasteiger partial charge in [-0.3, -0.25) is 0 Å². The van der Waals surface area contributed by atoms with E-state index in [0.29, 0.717) is 28.6 Å². The molecule has 0 aliphatic rings. The van der Waals surface area contributed by atoms with Crippen LogP contribution in [0.4, 0.5) is 0 Å². The summed E-state index contributed by atoms with van der Waals surface area (Å²) >= 11 is 1.50. The fourth-order valence-electron chi connectivity index (χ4n) is 2.84. The average molecular weight is 361 g/mol. The lowest BCUT2D eigenvalue weighted by molar-refractivity contribution is 0.591. The molecule has 6 heteroatoms. The number of rotatable bonds is 6. The van der Waals surface area contributed by atoms with Crippen molar-refractivity contribution in [2.45, 2.75) is 28.3 Å². The number of fused-ring (bicyclic) bond motifs is 1. The number of aryl methyl sites for hydroxylation is 1. The minimum Gasteiger partial charge on any atom is -0.335 e. The predicted molar refractivity (Wildman–Crippen MR) is 99.3 cm³/mol. The Balaban J connectivity index is 2.34. The van der Waals surface area contributed by atoms with E-state index in [-0.39, 0.29) is 0 Å². The zero-order valence-electron chi connectivity index (χ0n) is 13.5. The molecule has 1 aromatic heterocycles. The van der Waals surface area contributed by atoms with Crippen molar-refractivity contribution in [3.8, 4) is 0 Å². The number of hydrogen-bond donors (Lipinski definition) is 1. The van der Waals surface area contributed by atoms with Gasteiger partial charge in [0.05, 0.1) is 15.4 Å². The molecule has 3 aromatic rings. The number of hydrogen-bond acceptors (Lipinski definition) is 4. The van der Waals surface area contributed by atoms with Gasteiger partial charge in [0.2, 0.25) is 9.84 Å². The first-order valence-electron chi connectivity index (χ1n) is 7.85. The van der Waals surface area contributed by atoms with Crippen molar-refractivity contribution >= 4 is 32.5 Å². The highest BCUT2D eigenvalue weighted by Gasteiger charge is 2.28. The maximum Gasteiger partial charge on any atom is 0.209 e. The van der Waals surface area contributed by atoms with Gasteiger partial charge in [0.15, 0.2) is 0 Å². The summed E-state index contributed by atoms with van der Waals surface area (Å²) in [5.74, 6) is 0.674. The van der Waals surface area contributed by atoms with Crippen molar-refractivity contribution < 1.29 is 8.42 Å². The van der Waals surface area contributed by atoms with E-state index in [4.69, 9.17) is 5.73 Å². The van der Waals surface area contributed by atoms with Crippen LogP contribution >= 0.6 is 11.8 Å². The minimum atomic E-state index is -3.60. The molecule has 2 N–H and O–H groups in total. The molecule has 0 radical (unpaired) electrons. The molecule has 4 nitrogen and oxygen atoms in total. The molecule has 0 fully saturated rings. The first kappa shape index (κ1) is 17.1. The molecule has 0 saturated heterocycles. The second kappa shape index (κ2) is 7.01. The molecule has 0 amide bonds. The van der Waals surface area contributed by atoms with Crippen molar-refractivity contribution in [1.29, 1.82) is 0 Å². The third-order valence-electron chi connectivity index (χ3n) is 3.87. The van der Waals surface area contributed by atoms with Crippen molar-refractivity contribution in [1.82, 2.24) is 4.57 Å². The van der Waals surface area contributed by atoms with Crippen LogP contribution in [-0.4, -0.2) is 25.3 Å². The number of sulfone groups is 1. The molecular weight excluding hydrogens is 340 g/mol. The van der Waals surface area contributed by atoms with Gasteiger partial charge in [-0.05, 0) is 25.1 Å². The van der Waals surface area contributed by atoms with E-state index in [9.17, 15) is 8.42 Å². The van der Waals surface area contributed by atoms with Gasteiger partial charge in [-0.2, -0.15) is 0 Å². The largest absolute Gasteiger partial charge is 0.335 e. The van der Waals surface area contributed by atoms with E-state index in [1.165, 1.54) is 11.8 Å². The average Bonchev–Trinajstić information content (AvgIpc) is 2.94. The molecule has 0 spiro atoms. The van der Waals surface area contributed by atoms with E-state index in [1.807, 2.05) is 37.3 Å². The third kappa shape index (κ3) is 2.85. The van der Waals surface area contributed by atoms with Crippen molar-refractivity contribution in [3.05, 3.63) is 54.6 Å². The lowest BCUT2D eigenvalue weighted by atomic mass is 10.2. The van der Waals surface area contributed by atoms with Crippen LogP contribution in [0, 0.1) is 0 Å². The molecule has 0 unspecified atom stereocenters. The van der Waals surface area contributed by atoms with E-state index in [1.54, 1.807) is 24.3 Å². The second-order valence-corrected chi connectivity index (χ2v) is 8.32. The van der Waals surface area contributed by atoms with Gasteiger partial charge in [0.25, 0.3) is 0 Å². The molecular formula is C18H20N2O2S2. The van der Waals surface area contributed by atoms with E-state index in [0.717, 1.165) is 15.9 Å². The molecule has 0 atom stereocenters. The lowest BCUT2D eigenvalue weighted by Crippen LogP contribution is -2.07. The Morgan fingerprint density at radius 2 is 1.71 bits per heavy atom. The normalized spacial score (nSPS) is 11.9. The van der Waals surface area contributed by atoms with E-state index >= 15 is 0 Å². The number of nitrogens with zero attached hydrogens (tertiary/aromatic N) is 1. The van der Waals surface area contributed by atoms with Crippen molar-refractivity contribution in [2.24, 2.45) is 5.73 Å². The predicted octanol–water partition coefficient (Wildman–Crippen LogP) is 3.54. The Bertz CT molecular complexity index is 948. The fraction of sp³-hybridized carbons (Fsp3) is 0.222. The molecule has 24 heavy (non-hydrogen) atoms. The van der Waals surface area contributed by atoms with Gasteiger partial charge in [-0.15, -0.1) is 11.8 Å². The van der Waals surface area contributed by atoms with Gasteiger partial charge < -0.3 is 10.3 Å². The smallest absolute Gasteiger partial charge is 0.209 e. The summed E-state index contributed by atoms with van der Waals surface area (Å²) in [5, 5.41) is 1.54. The van der Waals surface area contributed by atoms with Crippen LogP contribution in [-0.2, 0) is 16.4 Å². The molecule has 0 aliphatic carbocycles. The van der Waals surface area contributed by atoms with Crippen LogP contribution < -0.4 is 5.73 Å². The van der Waals surface area contributed by atoms with Crippen LogP contribution in [0.15, 0.2) is 69.4 Å². The number of para-hydroxylation sites is 1. The Labute approximate surface area is 146 Å². The fourth-order valence-corrected chi connectivity index (χ4v) is 5.83. The van der Waals surface area contributed by atoms with Crippen molar-refractivity contribution in [2.75, 3.05) is 12.3 Å². The molecule has 126 valence electrons. The quantitative estimate of drug-likeness (QED) is 0.683. The van der Waals surface area contributed by atoms with Gasteiger partial charge in [0, 0.05) is 24.2 Å². The van der Waals surface area contributed by atoms with E-state index in [2.05, 4.69) is 4.57 Å². The molecule has 2 aromatic carbocycles. The van der Waals surface area contributed by atoms with Crippen LogP contribution in [0.3, 0.4) is 0 Å². The van der Waals surface area contributed by atoms with Crippen LogP contribution in [0.2, 0.25) is 0 Å². The first-order chi connectivity index (χ1) is 11.6. The van der Waals surface area contributed by atoms with Gasteiger partial charge in [0.1, 0.15) is 4.90 Å². The Morgan fingerprint density at radius 1 is 1.04 bits per heavy atom. The van der Waals surface area contributed by atoms with Crippen LogP contribution in [0.25, 0.3) is 10.9 Å². The third-order valence-corrected chi connectivity index (χ3v) is 6.98. The topological polar surface area (TPSA) is 65.1 Å². The van der Waals surface area contributed by atoms with Crippen LogP contribution in [0.5, 0.6) is 0 Å². The highest BCUT2D eigenvalue weighted by molar-refractivity contribution is 8.00. The SMILES string of the molecule is CCn1c(SCCN)c(S(=O)(=O)c2ccccc2)c2ccccc21. The van der Waals surface area contributed by atoms with Crippen LogP contribution in [0.1, 0.15) is 6.92 Å². The zero-order chi connectivity index (χ0) is 17.2. The summed E-state index contributed by atoms with van der Waals surface area (Å²) in [6.07, 6.45) is 0. The lowest BCUT2D eigenvalue weighted by Gasteiger charge is -2.10. The van der Waals surface area contributed by atoms with Gasteiger partial charge >= 0.3 is 0 Å². The Kier molecular flexibility index (Phi) is 4.99. The summed E-state index contributed by atoms with van der Waals surface area (Å²) in [4.78, 5) is 0.711. The van der Waals surface area contributed by atoms with Gasteiger partial charge in [-0.1, -0.05) is 36.4 Å². The standard InChI is InChI=1S/C18H20N2O2S2/c1-2-20-16-11-7-6-10-15(16)17(18(20)23-13-12-19)24(21,22)14-8-4-3-5-9-14/h3-11H,2,12-13,19H2,1H3. The number of benzene rings is 2. The summed E-state index contributed by atoms with van der Waals surface area (Å²) in [6.45, 7) is 3.23. The highest BCUT2D eigenvalue weighted by atomic mass is 32.2. The monoisotopic (exact) mass is 360 g/mol.